The van der Waals surface area contributed by atoms with Crippen molar-refractivity contribution in [2.45, 2.75) is 25.0 Å². The molecule has 1 amide bonds. The first kappa shape index (κ1) is 9.87. The number of likely N-dealkylation sites (tertiary alicyclic amines) is 1. The standard InChI is InChI=1S/C12H15NO3/c1-3-9(14)16-11-6-4-7-8(5-6)12(15)13(2)10(7)11/h3,6-8,10-11H,1,4-5H2,2H3. The highest BCUT2D eigenvalue weighted by Gasteiger charge is 2.63. The zero-order valence-corrected chi connectivity index (χ0v) is 9.26. The van der Waals surface area contributed by atoms with E-state index in [1.54, 1.807) is 4.90 Å². The minimum absolute atomic E-state index is 0.108. The van der Waals surface area contributed by atoms with E-state index in [-0.39, 0.29) is 29.9 Å². The van der Waals surface area contributed by atoms with E-state index >= 15 is 0 Å². The van der Waals surface area contributed by atoms with Crippen LogP contribution in [0.15, 0.2) is 12.7 Å². The molecule has 1 saturated heterocycles. The molecule has 1 aliphatic heterocycles. The van der Waals surface area contributed by atoms with Gasteiger partial charge in [0.05, 0.1) is 6.04 Å². The van der Waals surface area contributed by atoms with E-state index in [1.165, 1.54) is 6.08 Å². The van der Waals surface area contributed by atoms with Crippen molar-refractivity contribution >= 4 is 11.9 Å². The summed E-state index contributed by atoms with van der Waals surface area (Å²) >= 11 is 0. The van der Waals surface area contributed by atoms with Crippen molar-refractivity contribution in [1.82, 2.24) is 4.90 Å². The van der Waals surface area contributed by atoms with E-state index < -0.39 is 0 Å². The van der Waals surface area contributed by atoms with Gasteiger partial charge < -0.3 is 9.64 Å². The van der Waals surface area contributed by atoms with Crippen LogP contribution in [0.5, 0.6) is 0 Å². The first-order chi connectivity index (χ1) is 7.63. The van der Waals surface area contributed by atoms with Gasteiger partial charge in [0.15, 0.2) is 0 Å². The normalized spacial score (nSPS) is 43.9. The molecule has 86 valence electrons. The fraction of sp³-hybridized carbons (Fsp3) is 0.667. The Morgan fingerprint density at radius 3 is 3.00 bits per heavy atom. The molecule has 2 bridgehead atoms. The fourth-order valence-corrected chi connectivity index (χ4v) is 3.83. The summed E-state index contributed by atoms with van der Waals surface area (Å²) in [5.41, 5.74) is 0. The quantitative estimate of drug-likeness (QED) is 0.506. The summed E-state index contributed by atoms with van der Waals surface area (Å²) in [7, 11) is 1.82. The van der Waals surface area contributed by atoms with Gasteiger partial charge in [0, 0.05) is 19.0 Å². The third-order valence-corrected chi connectivity index (χ3v) is 4.42. The smallest absolute Gasteiger partial charge is 0.330 e. The van der Waals surface area contributed by atoms with Crippen LogP contribution in [0.4, 0.5) is 0 Å². The third kappa shape index (κ3) is 1.05. The molecule has 3 aliphatic rings. The molecule has 5 unspecified atom stereocenters. The lowest BCUT2D eigenvalue weighted by Crippen LogP contribution is -2.42. The van der Waals surface area contributed by atoms with Gasteiger partial charge in [-0.05, 0) is 24.7 Å². The van der Waals surface area contributed by atoms with Gasteiger partial charge in [-0.1, -0.05) is 6.58 Å². The molecule has 4 nitrogen and oxygen atoms in total. The number of ether oxygens (including phenoxy) is 1. The number of likely N-dealkylation sites (N-methyl/N-ethyl adjacent to an activating group) is 1. The fourth-order valence-electron chi connectivity index (χ4n) is 3.83. The Kier molecular flexibility index (Phi) is 1.91. The van der Waals surface area contributed by atoms with Crippen molar-refractivity contribution in [2.75, 3.05) is 7.05 Å². The zero-order chi connectivity index (χ0) is 11.4. The number of nitrogens with zero attached hydrogens (tertiary/aromatic N) is 1. The largest absolute Gasteiger partial charge is 0.457 e. The summed E-state index contributed by atoms with van der Waals surface area (Å²) in [6.45, 7) is 3.40. The molecule has 2 saturated carbocycles. The van der Waals surface area contributed by atoms with Crippen LogP contribution in [0.3, 0.4) is 0 Å². The maximum atomic E-state index is 11.9. The van der Waals surface area contributed by atoms with E-state index in [0.29, 0.717) is 11.8 Å². The van der Waals surface area contributed by atoms with E-state index in [9.17, 15) is 9.59 Å². The Balaban J connectivity index is 1.86. The highest BCUT2D eigenvalue weighted by molar-refractivity contribution is 5.84. The van der Waals surface area contributed by atoms with Gasteiger partial charge in [0.1, 0.15) is 6.10 Å². The number of fused-ring (bicyclic) bond motifs is 1. The average Bonchev–Trinajstić information content (AvgIpc) is 2.87. The van der Waals surface area contributed by atoms with Crippen LogP contribution in [-0.2, 0) is 14.3 Å². The number of rotatable bonds is 2. The molecule has 0 aromatic heterocycles. The Labute approximate surface area is 94.2 Å². The summed E-state index contributed by atoms with van der Waals surface area (Å²) < 4.78 is 5.39. The second-order valence-corrected chi connectivity index (χ2v) is 5.05. The summed E-state index contributed by atoms with van der Waals surface area (Å²) in [6.07, 6.45) is 3.00. The molecule has 0 N–H and O–H groups in total. The lowest BCUT2D eigenvalue weighted by molar-refractivity contribution is -0.148. The molecule has 0 aromatic rings. The summed E-state index contributed by atoms with van der Waals surface area (Å²) in [5.74, 6) is 0.832. The summed E-state index contributed by atoms with van der Waals surface area (Å²) in [5, 5.41) is 0. The Morgan fingerprint density at radius 2 is 2.31 bits per heavy atom. The molecular weight excluding hydrogens is 206 g/mol. The van der Waals surface area contributed by atoms with Gasteiger partial charge in [0.2, 0.25) is 5.91 Å². The van der Waals surface area contributed by atoms with Gasteiger partial charge in [-0.15, -0.1) is 0 Å². The van der Waals surface area contributed by atoms with Crippen molar-refractivity contribution in [3.05, 3.63) is 12.7 Å². The molecule has 4 heteroatoms. The zero-order valence-electron chi connectivity index (χ0n) is 9.26. The predicted octanol–water partition coefficient (Wildman–Crippen LogP) is 0.581. The molecule has 5 atom stereocenters. The summed E-state index contributed by atoms with van der Waals surface area (Å²) in [4.78, 5) is 24.9. The second kappa shape index (κ2) is 3.09. The van der Waals surface area contributed by atoms with Crippen LogP contribution in [0, 0.1) is 17.8 Å². The SMILES string of the molecule is C=CC(=O)OC1C2CC3C(=O)N(C)C1C3C2. The maximum Gasteiger partial charge on any atom is 0.330 e. The van der Waals surface area contributed by atoms with Crippen molar-refractivity contribution in [3.63, 3.8) is 0 Å². The minimum atomic E-state index is -0.373. The van der Waals surface area contributed by atoms with Gasteiger partial charge in [-0.2, -0.15) is 0 Å². The lowest BCUT2D eigenvalue weighted by Gasteiger charge is -2.29. The van der Waals surface area contributed by atoms with E-state index in [1.807, 2.05) is 7.05 Å². The molecule has 0 spiro atoms. The minimum Gasteiger partial charge on any atom is -0.457 e. The number of esters is 1. The van der Waals surface area contributed by atoms with E-state index in [0.717, 1.165) is 12.8 Å². The predicted molar refractivity (Wildman–Crippen MR) is 56.3 cm³/mol. The van der Waals surface area contributed by atoms with Crippen LogP contribution in [0.2, 0.25) is 0 Å². The van der Waals surface area contributed by atoms with Crippen LogP contribution < -0.4 is 0 Å². The molecule has 1 heterocycles. The van der Waals surface area contributed by atoms with Crippen LogP contribution in [0.25, 0.3) is 0 Å². The van der Waals surface area contributed by atoms with Crippen molar-refractivity contribution in [3.8, 4) is 0 Å². The topological polar surface area (TPSA) is 46.6 Å². The molecule has 3 fully saturated rings. The number of carbonyl (C=O) groups excluding carboxylic acids is 2. The molecule has 3 rings (SSSR count). The Hall–Kier alpha value is -1.32. The van der Waals surface area contributed by atoms with Crippen LogP contribution in [0.1, 0.15) is 12.8 Å². The van der Waals surface area contributed by atoms with Gasteiger partial charge in [0.25, 0.3) is 0 Å². The van der Waals surface area contributed by atoms with Gasteiger partial charge in [-0.25, -0.2) is 4.79 Å². The van der Waals surface area contributed by atoms with Crippen LogP contribution >= 0.6 is 0 Å². The maximum absolute atomic E-state index is 11.9. The van der Waals surface area contributed by atoms with Crippen molar-refractivity contribution in [2.24, 2.45) is 17.8 Å². The highest BCUT2D eigenvalue weighted by Crippen LogP contribution is 2.55. The molecule has 2 aliphatic carbocycles. The molecule has 0 radical (unpaired) electrons. The third-order valence-electron chi connectivity index (χ3n) is 4.42. The Morgan fingerprint density at radius 1 is 1.56 bits per heavy atom. The second-order valence-electron chi connectivity index (χ2n) is 5.05. The monoisotopic (exact) mass is 221 g/mol. The lowest BCUT2D eigenvalue weighted by atomic mass is 9.88. The van der Waals surface area contributed by atoms with Crippen molar-refractivity contribution < 1.29 is 14.3 Å². The number of amides is 1. The number of carbonyl (C=O) groups is 2. The van der Waals surface area contributed by atoms with Gasteiger partial charge >= 0.3 is 5.97 Å². The molecular formula is C12H15NO3. The number of hydrogen-bond acceptors (Lipinski definition) is 3. The Bertz CT molecular complexity index is 378. The number of hydrogen-bond donors (Lipinski definition) is 0. The van der Waals surface area contributed by atoms with Crippen LogP contribution in [-0.4, -0.2) is 36.0 Å². The van der Waals surface area contributed by atoms with Crippen molar-refractivity contribution in [1.29, 1.82) is 0 Å². The average molecular weight is 221 g/mol. The first-order valence-corrected chi connectivity index (χ1v) is 5.73. The van der Waals surface area contributed by atoms with Gasteiger partial charge in [-0.3, -0.25) is 4.79 Å². The van der Waals surface area contributed by atoms with E-state index in [2.05, 4.69) is 6.58 Å². The first-order valence-electron chi connectivity index (χ1n) is 5.73. The molecule has 16 heavy (non-hydrogen) atoms. The summed E-state index contributed by atoms with van der Waals surface area (Å²) in [6, 6.07) is 0.111. The highest BCUT2D eigenvalue weighted by atomic mass is 16.5. The van der Waals surface area contributed by atoms with E-state index in [4.69, 9.17) is 4.74 Å². The molecule has 0 aromatic carbocycles.